The van der Waals surface area contributed by atoms with E-state index in [-0.39, 0.29) is 0 Å². The number of sulfonamides is 1. The standard InChI is InChI=1S/C14H18N2O2S2/c1-2-12-5-3-4-6-13(12)9-16-20(17,18)14-7-11(8-15)10-19-14/h3-7,10,16H,2,8-9,15H2,1H3. The molecule has 20 heavy (non-hydrogen) atoms. The molecule has 0 amide bonds. The molecule has 0 bridgehead atoms. The first-order valence-corrected chi connectivity index (χ1v) is 8.77. The van der Waals surface area contributed by atoms with Crippen LogP contribution in [0.4, 0.5) is 0 Å². The quantitative estimate of drug-likeness (QED) is 0.859. The zero-order valence-electron chi connectivity index (χ0n) is 11.3. The van der Waals surface area contributed by atoms with E-state index in [1.807, 2.05) is 24.3 Å². The van der Waals surface area contributed by atoms with Gasteiger partial charge in [-0.2, -0.15) is 0 Å². The molecule has 4 nitrogen and oxygen atoms in total. The first kappa shape index (κ1) is 15.2. The number of aryl methyl sites for hydroxylation is 1. The lowest BCUT2D eigenvalue weighted by Gasteiger charge is -2.08. The molecule has 0 fully saturated rings. The van der Waals surface area contributed by atoms with Gasteiger partial charge in [-0.25, -0.2) is 13.1 Å². The molecular weight excluding hydrogens is 292 g/mol. The van der Waals surface area contributed by atoms with Crippen molar-refractivity contribution in [3.05, 3.63) is 52.4 Å². The number of hydrogen-bond acceptors (Lipinski definition) is 4. The summed E-state index contributed by atoms with van der Waals surface area (Å²) < 4.78 is 27.3. The Balaban J connectivity index is 2.13. The second kappa shape index (κ2) is 6.49. The molecule has 1 aromatic heterocycles. The molecule has 0 unspecified atom stereocenters. The van der Waals surface area contributed by atoms with Crippen LogP contribution >= 0.6 is 11.3 Å². The maximum absolute atomic E-state index is 12.2. The highest BCUT2D eigenvalue weighted by Gasteiger charge is 2.16. The molecule has 3 N–H and O–H groups in total. The molecule has 0 aliphatic carbocycles. The second-order valence-corrected chi connectivity index (χ2v) is 7.33. The fourth-order valence-corrected chi connectivity index (χ4v) is 4.19. The summed E-state index contributed by atoms with van der Waals surface area (Å²) in [6.45, 7) is 2.72. The minimum atomic E-state index is -3.46. The van der Waals surface area contributed by atoms with Crippen LogP contribution in [0.15, 0.2) is 39.9 Å². The van der Waals surface area contributed by atoms with E-state index >= 15 is 0 Å². The van der Waals surface area contributed by atoms with E-state index in [2.05, 4.69) is 11.6 Å². The van der Waals surface area contributed by atoms with Gasteiger partial charge in [0.15, 0.2) is 0 Å². The van der Waals surface area contributed by atoms with Crippen LogP contribution in [0.2, 0.25) is 0 Å². The van der Waals surface area contributed by atoms with Crippen LogP contribution in [0.1, 0.15) is 23.6 Å². The second-order valence-electron chi connectivity index (χ2n) is 4.42. The summed E-state index contributed by atoms with van der Waals surface area (Å²) >= 11 is 1.20. The Morgan fingerprint density at radius 1 is 1.25 bits per heavy atom. The van der Waals surface area contributed by atoms with Crippen LogP contribution in [0, 0.1) is 0 Å². The molecule has 0 radical (unpaired) electrons. The van der Waals surface area contributed by atoms with E-state index < -0.39 is 10.0 Å². The van der Waals surface area contributed by atoms with Gasteiger partial charge >= 0.3 is 0 Å². The molecular formula is C14H18N2O2S2. The van der Waals surface area contributed by atoms with Gasteiger partial charge in [-0.15, -0.1) is 11.3 Å². The van der Waals surface area contributed by atoms with Gasteiger partial charge in [0, 0.05) is 13.1 Å². The van der Waals surface area contributed by atoms with Crippen LogP contribution in [-0.4, -0.2) is 8.42 Å². The summed E-state index contributed by atoms with van der Waals surface area (Å²) in [5.74, 6) is 0. The molecule has 0 saturated carbocycles. The lowest BCUT2D eigenvalue weighted by atomic mass is 10.1. The van der Waals surface area contributed by atoms with Crippen LogP contribution in [-0.2, 0) is 29.5 Å². The average molecular weight is 310 g/mol. The predicted molar refractivity (Wildman–Crippen MR) is 82.1 cm³/mol. The first-order chi connectivity index (χ1) is 9.56. The van der Waals surface area contributed by atoms with Gasteiger partial charge in [0.2, 0.25) is 10.0 Å². The molecule has 0 spiro atoms. The summed E-state index contributed by atoms with van der Waals surface area (Å²) in [7, 11) is -3.46. The van der Waals surface area contributed by atoms with Crippen LogP contribution in [0.5, 0.6) is 0 Å². The monoisotopic (exact) mass is 310 g/mol. The zero-order valence-corrected chi connectivity index (χ0v) is 12.9. The third kappa shape index (κ3) is 3.46. The normalized spacial score (nSPS) is 11.7. The molecule has 0 aliphatic rings. The third-order valence-corrected chi connectivity index (χ3v) is 5.97. The van der Waals surface area contributed by atoms with Gasteiger partial charge in [-0.05, 0) is 34.6 Å². The zero-order chi connectivity index (χ0) is 14.6. The van der Waals surface area contributed by atoms with E-state index in [0.29, 0.717) is 17.3 Å². The van der Waals surface area contributed by atoms with E-state index in [1.54, 1.807) is 11.4 Å². The van der Waals surface area contributed by atoms with Crippen molar-refractivity contribution in [2.45, 2.75) is 30.6 Å². The lowest BCUT2D eigenvalue weighted by Crippen LogP contribution is -2.23. The Morgan fingerprint density at radius 3 is 2.55 bits per heavy atom. The minimum absolute atomic E-state index is 0.308. The van der Waals surface area contributed by atoms with Crippen molar-refractivity contribution >= 4 is 21.4 Å². The number of nitrogens with two attached hydrogens (primary N) is 1. The molecule has 0 aliphatic heterocycles. The van der Waals surface area contributed by atoms with E-state index in [9.17, 15) is 8.42 Å². The summed E-state index contributed by atoms with van der Waals surface area (Å²) in [6, 6.07) is 9.46. The lowest BCUT2D eigenvalue weighted by molar-refractivity contribution is 0.583. The smallest absolute Gasteiger partial charge is 0.250 e. The van der Waals surface area contributed by atoms with Gasteiger partial charge in [0.05, 0.1) is 0 Å². The highest BCUT2D eigenvalue weighted by molar-refractivity contribution is 7.91. The van der Waals surface area contributed by atoms with Gasteiger partial charge < -0.3 is 5.73 Å². The number of thiophene rings is 1. The van der Waals surface area contributed by atoms with Crippen molar-refractivity contribution in [3.63, 3.8) is 0 Å². The van der Waals surface area contributed by atoms with Crippen molar-refractivity contribution in [1.82, 2.24) is 4.72 Å². The molecule has 1 aromatic carbocycles. The van der Waals surface area contributed by atoms with E-state index in [4.69, 9.17) is 5.73 Å². The van der Waals surface area contributed by atoms with Crippen molar-refractivity contribution in [2.24, 2.45) is 5.73 Å². The van der Waals surface area contributed by atoms with Crippen molar-refractivity contribution in [2.75, 3.05) is 0 Å². The topological polar surface area (TPSA) is 72.2 Å². The van der Waals surface area contributed by atoms with Gasteiger partial charge in [0.1, 0.15) is 4.21 Å². The molecule has 108 valence electrons. The van der Waals surface area contributed by atoms with Gasteiger partial charge in [0.25, 0.3) is 0 Å². The summed E-state index contributed by atoms with van der Waals surface area (Å²) in [6.07, 6.45) is 0.883. The van der Waals surface area contributed by atoms with E-state index in [1.165, 1.54) is 11.3 Å². The van der Waals surface area contributed by atoms with Crippen molar-refractivity contribution in [3.8, 4) is 0 Å². The Labute approximate surface area is 123 Å². The Hall–Kier alpha value is -1.21. The van der Waals surface area contributed by atoms with Crippen LogP contribution < -0.4 is 10.5 Å². The average Bonchev–Trinajstić information content (AvgIpc) is 2.95. The number of rotatable bonds is 6. The SMILES string of the molecule is CCc1ccccc1CNS(=O)(=O)c1cc(CN)cs1. The fourth-order valence-electron chi connectivity index (χ4n) is 1.92. The molecule has 2 aromatic rings. The first-order valence-electron chi connectivity index (χ1n) is 6.40. The molecule has 0 saturated heterocycles. The number of benzene rings is 1. The van der Waals surface area contributed by atoms with Gasteiger partial charge in [-0.3, -0.25) is 0 Å². The Kier molecular flexibility index (Phi) is 4.93. The Morgan fingerprint density at radius 2 is 1.95 bits per heavy atom. The van der Waals surface area contributed by atoms with E-state index in [0.717, 1.165) is 23.1 Å². The highest BCUT2D eigenvalue weighted by Crippen LogP contribution is 2.20. The van der Waals surface area contributed by atoms with Crippen LogP contribution in [0.25, 0.3) is 0 Å². The molecule has 2 rings (SSSR count). The molecule has 6 heteroatoms. The maximum Gasteiger partial charge on any atom is 0.250 e. The van der Waals surface area contributed by atoms with Crippen LogP contribution in [0.3, 0.4) is 0 Å². The molecule has 1 heterocycles. The highest BCUT2D eigenvalue weighted by atomic mass is 32.2. The minimum Gasteiger partial charge on any atom is -0.326 e. The largest absolute Gasteiger partial charge is 0.326 e. The number of hydrogen-bond donors (Lipinski definition) is 2. The Bertz CT molecular complexity index is 678. The van der Waals surface area contributed by atoms with Crippen molar-refractivity contribution < 1.29 is 8.42 Å². The summed E-state index contributed by atoms with van der Waals surface area (Å²) in [4.78, 5) is 0. The molecule has 0 atom stereocenters. The fraction of sp³-hybridized carbons (Fsp3) is 0.286. The van der Waals surface area contributed by atoms with Gasteiger partial charge in [-0.1, -0.05) is 31.2 Å². The predicted octanol–water partition coefficient (Wildman–Crippen LogP) is 2.25. The van der Waals surface area contributed by atoms with Crippen molar-refractivity contribution in [1.29, 1.82) is 0 Å². The summed E-state index contributed by atoms with van der Waals surface area (Å²) in [5.41, 5.74) is 8.50. The maximum atomic E-state index is 12.2. The number of nitrogens with one attached hydrogen (secondary N) is 1. The summed E-state index contributed by atoms with van der Waals surface area (Å²) in [5, 5.41) is 1.77. The third-order valence-electron chi connectivity index (χ3n) is 3.08.